The molecular formula is C13H9Cl2FN2O2. The standard InChI is InChI=1S/C13H9Cl2FN2O2/c14-6-1-2-8(15)11(3-6)18-12-5-9(16)7(13(19)20)4-10(12)17/h1-5,18H,17H2,(H,19,20). The zero-order chi connectivity index (χ0) is 14.9. The Morgan fingerprint density at radius 2 is 1.90 bits per heavy atom. The lowest BCUT2D eigenvalue weighted by Gasteiger charge is -2.12. The summed E-state index contributed by atoms with van der Waals surface area (Å²) in [5.41, 5.74) is 5.93. The molecule has 104 valence electrons. The van der Waals surface area contributed by atoms with Crippen molar-refractivity contribution in [3.63, 3.8) is 0 Å². The smallest absolute Gasteiger partial charge is 0.338 e. The predicted molar refractivity (Wildman–Crippen MR) is 77.5 cm³/mol. The number of nitrogens with two attached hydrogens (primary N) is 1. The fraction of sp³-hybridized carbons (Fsp3) is 0. The highest BCUT2D eigenvalue weighted by molar-refractivity contribution is 6.35. The monoisotopic (exact) mass is 314 g/mol. The minimum Gasteiger partial charge on any atom is -0.478 e. The number of anilines is 3. The first-order valence-electron chi connectivity index (χ1n) is 5.43. The maximum absolute atomic E-state index is 13.6. The van der Waals surface area contributed by atoms with E-state index < -0.39 is 17.3 Å². The largest absolute Gasteiger partial charge is 0.478 e. The molecule has 0 aliphatic carbocycles. The lowest BCUT2D eigenvalue weighted by molar-refractivity contribution is 0.0692. The number of nitrogen functional groups attached to an aromatic ring is 1. The molecule has 0 atom stereocenters. The van der Waals surface area contributed by atoms with Gasteiger partial charge in [0.2, 0.25) is 0 Å². The molecule has 2 rings (SSSR count). The number of carboxylic acid groups (broad SMARTS) is 1. The number of benzene rings is 2. The molecule has 0 unspecified atom stereocenters. The molecule has 0 aromatic heterocycles. The van der Waals surface area contributed by atoms with Crippen LogP contribution in [0.5, 0.6) is 0 Å². The third-order valence-electron chi connectivity index (χ3n) is 2.57. The average Bonchev–Trinajstić information content (AvgIpc) is 2.37. The van der Waals surface area contributed by atoms with Crippen molar-refractivity contribution >= 4 is 46.2 Å². The van der Waals surface area contributed by atoms with E-state index in [1.807, 2.05) is 0 Å². The summed E-state index contributed by atoms with van der Waals surface area (Å²) in [5, 5.41) is 12.4. The molecule has 2 aromatic rings. The van der Waals surface area contributed by atoms with E-state index in [9.17, 15) is 9.18 Å². The summed E-state index contributed by atoms with van der Waals surface area (Å²) in [7, 11) is 0. The Kier molecular flexibility index (Phi) is 4.01. The number of halogens is 3. The van der Waals surface area contributed by atoms with Gasteiger partial charge in [-0.05, 0) is 24.3 Å². The van der Waals surface area contributed by atoms with Crippen LogP contribution in [-0.2, 0) is 0 Å². The Labute approximate surface area is 123 Å². The molecule has 0 fully saturated rings. The van der Waals surface area contributed by atoms with Crippen molar-refractivity contribution in [2.24, 2.45) is 0 Å². The summed E-state index contributed by atoms with van der Waals surface area (Å²) in [6.07, 6.45) is 0. The quantitative estimate of drug-likeness (QED) is 0.744. The number of aromatic carboxylic acids is 1. The van der Waals surface area contributed by atoms with Crippen molar-refractivity contribution in [1.82, 2.24) is 0 Å². The van der Waals surface area contributed by atoms with Gasteiger partial charge in [0.25, 0.3) is 0 Å². The second-order valence-corrected chi connectivity index (χ2v) is 4.82. The fourth-order valence-electron chi connectivity index (χ4n) is 1.60. The second kappa shape index (κ2) is 5.56. The van der Waals surface area contributed by atoms with Crippen molar-refractivity contribution in [2.45, 2.75) is 0 Å². The van der Waals surface area contributed by atoms with E-state index in [1.165, 1.54) is 0 Å². The van der Waals surface area contributed by atoms with Crippen LogP contribution in [0.25, 0.3) is 0 Å². The van der Waals surface area contributed by atoms with E-state index in [1.54, 1.807) is 18.2 Å². The van der Waals surface area contributed by atoms with Gasteiger partial charge in [-0.1, -0.05) is 23.2 Å². The Bertz CT molecular complexity index is 692. The van der Waals surface area contributed by atoms with Crippen LogP contribution in [0.4, 0.5) is 21.5 Å². The Morgan fingerprint density at radius 3 is 2.55 bits per heavy atom. The third kappa shape index (κ3) is 2.95. The van der Waals surface area contributed by atoms with Crippen LogP contribution in [0.3, 0.4) is 0 Å². The van der Waals surface area contributed by atoms with Crippen molar-refractivity contribution in [2.75, 3.05) is 11.1 Å². The molecule has 0 amide bonds. The van der Waals surface area contributed by atoms with Gasteiger partial charge in [0.1, 0.15) is 5.82 Å². The average molecular weight is 315 g/mol. The molecule has 4 nitrogen and oxygen atoms in total. The van der Waals surface area contributed by atoms with Crippen molar-refractivity contribution in [3.05, 3.63) is 51.8 Å². The van der Waals surface area contributed by atoms with E-state index in [0.29, 0.717) is 15.7 Å². The summed E-state index contributed by atoms with van der Waals surface area (Å²) in [6, 6.07) is 6.76. The molecule has 0 bridgehead atoms. The zero-order valence-electron chi connectivity index (χ0n) is 9.95. The summed E-state index contributed by atoms with van der Waals surface area (Å²) in [5.74, 6) is -2.28. The summed E-state index contributed by atoms with van der Waals surface area (Å²) >= 11 is 11.8. The third-order valence-corrected chi connectivity index (χ3v) is 3.13. The lowest BCUT2D eigenvalue weighted by atomic mass is 10.1. The van der Waals surface area contributed by atoms with Crippen LogP contribution >= 0.6 is 23.2 Å². The van der Waals surface area contributed by atoms with Crippen LogP contribution in [0, 0.1) is 5.82 Å². The normalized spacial score (nSPS) is 10.3. The van der Waals surface area contributed by atoms with Crippen molar-refractivity contribution < 1.29 is 14.3 Å². The minimum absolute atomic E-state index is 0.0832. The van der Waals surface area contributed by atoms with Gasteiger partial charge in [0.05, 0.1) is 27.6 Å². The first-order valence-corrected chi connectivity index (χ1v) is 6.18. The van der Waals surface area contributed by atoms with Gasteiger partial charge < -0.3 is 16.2 Å². The highest BCUT2D eigenvalue weighted by Crippen LogP contribution is 2.32. The van der Waals surface area contributed by atoms with E-state index >= 15 is 0 Å². The minimum atomic E-state index is -1.39. The molecule has 0 heterocycles. The molecule has 20 heavy (non-hydrogen) atoms. The summed E-state index contributed by atoms with van der Waals surface area (Å²) in [4.78, 5) is 10.8. The van der Waals surface area contributed by atoms with Crippen LogP contribution in [0.1, 0.15) is 10.4 Å². The molecule has 0 saturated carbocycles. The highest BCUT2D eigenvalue weighted by Gasteiger charge is 2.14. The van der Waals surface area contributed by atoms with Crippen LogP contribution < -0.4 is 11.1 Å². The number of carboxylic acids is 1. The summed E-state index contributed by atoms with van der Waals surface area (Å²) in [6.45, 7) is 0. The molecular weight excluding hydrogens is 306 g/mol. The van der Waals surface area contributed by atoms with Gasteiger partial charge in [-0.3, -0.25) is 0 Å². The Morgan fingerprint density at radius 1 is 1.20 bits per heavy atom. The Balaban J connectivity index is 2.42. The van der Waals surface area contributed by atoms with Crippen molar-refractivity contribution in [1.29, 1.82) is 0 Å². The van der Waals surface area contributed by atoms with E-state index in [2.05, 4.69) is 5.32 Å². The molecule has 0 aliphatic heterocycles. The predicted octanol–water partition coefficient (Wildman–Crippen LogP) is 4.16. The van der Waals surface area contributed by atoms with Gasteiger partial charge in [-0.2, -0.15) is 0 Å². The number of hydrogen-bond donors (Lipinski definition) is 3. The van der Waals surface area contributed by atoms with Gasteiger partial charge in [-0.25, -0.2) is 9.18 Å². The number of carbonyl (C=O) groups is 1. The molecule has 0 saturated heterocycles. The van der Waals surface area contributed by atoms with E-state index in [-0.39, 0.29) is 11.4 Å². The topological polar surface area (TPSA) is 75.4 Å². The van der Waals surface area contributed by atoms with Gasteiger partial charge >= 0.3 is 5.97 Å². The van der Waals surface area contributed by atoms with Crippen LogP contribution in [0.2, 0.25) is 10.0 Å². The van der Waals surface area contributed by atoms with Crippen LogP contribution in [-0.4, -0.2) is 11.1 Å². The molecule has 0 radical (unpaired) electrons. The molecule has 4 N–H and O–H groups in total. The maximum Gasteiger partial charge on any atom is 0.338 e. The Hall–Kier alpha value is -1.98. The molecule has 0 aliphatic rings. The van der Waals surface area contributed by atoms with Gasteiger partial charge in [-0.15, -0.1) is 0 Å². The maximum atomic E-state index is 13.6. The number of rotatable bonds is 3. The van der Waals surface area contributed by atoms with Crippen molar-refractivity contribution in [3.8, 4) is 0 Å². The highest BCUT2D eigenvalue weighted by atomic mass is 35.5. The van der Waals surface area contributed by atoms with Gasteiger partial charge in [0, 0.05) is 11.1 Å². The van der Waals surface area contributed by atoms with E-state index in [0.717, 1.165) is 12.1 Å². The molecule has 7 heteroatoms. The second-order valence-electron chi connectivity index (χ2n) is 3.97. The van der Waals surface area contributed by atoms with E-state index in [4.69, 9.17) is 34.0 Å². The SMILES string of the molecule is Nc1cc(C(=O)O)c(F)cc1Nc1cc(Cl)ccc1Cl. The molecule has 0 spiro atoms. The first-order chi connectivity index (χ1) is 9.38. The van der Waals surface area contributed by atoms with Gasteiger partial charge in [0.15, 0.2) is 0 Å². The van der Waals surface area contributed by atoms with Crippen LogP contribution in [0.15, 0.2) is 30.3 Å². The zero-order valence-corrected chi connectivity index (χ0v) is 11.5. The summed E-state index contributed by atoms with van der Waals surface area (Å²) < 4.78 is 13.6. The first kappa shape index (κ1) is 14.4. The number of nitrogens with one attached hydrogen (secondary N) is 1. The fourth-order valence-corrected chi connectivity index (χ4v) is 1.94. The number of hydrogen-bond acceptors (Lipinski definition) is 3. The lowest BCUT2D eigenvalue weighted by Crippen LogP contribution is -2.05. The molecule has 2 aromatic carbocycles.